The lowest BCUT2D eigenvalue weighted by Gasteiger charge is -2.09. The molecular weight excluding hydrogens is 210 g/mol. The molecule has 2 nitrogen and oxygen atoms in total. The topological polar surface area (TPSA) is 36.9 Å². The average molecular weight is 225 g/mol. The highest BCUT2D eigenvalue weighted by molar-refractivity contribution is 5.63. The summed E-state index contributed by atoms with van der Waals surface area (Å²) in [6, 6.07) is 10.2. The van der Waals surface area contributed by atoms with Crippen LogP contribution in [0.25, 0.3) is 11.3 Å². The molecule has 0 fully saturated rings. The van der Waals surface area contributed by atoms with Crippen molar-refractivity contribution in [2.45, 2.75) is 26.7 Å². The Labute approximate surface area is 102 Å². The molecule has 1 aromatic heterocycles. The van der Waals surface area contributed by atoms with E-state index in [-0.39, 0.29) is 0 Å². The van der Waals surface area contributed by atoms with Gasteiger partial charge < -0.3 is 4.42 Å². The number of rotatable bonds is 3. The molecule has 0 bridgehead atoms. The summed E-state index contributed by atoms with van der Waals surface area (Å²) in [4.78, 5) is 0. The van der Waals surface area contributed by atoms with Gasteiger partial charge in [-0.3, -0.25) is 0 Å². The normalized spacial score (nSPS) is 10.2. The summed E-state index contributed by atoms with van der Waals surface area (Å²) in [7, 11) is 0. The fraction of sp³-hybridized carbons (Fsp3) is 0.267. The number of benzene rings is 1. The third-order valence-corrected chi connectivity index (χ3v) is 2.98. The van der Waals surface area contributed by atoms with Crippen LogP contribution in [0.3, 0.4) is 0 Å². The second-order valence-corrected chi connectivity index (χ2v) is 3.97. The van der Waals surface area contributed by atoms with E-state index in [9.17, 15) is 5.26 Å². The quantitative estimate of drug-likeness (QED) is 0.793. The maximum Gasteiger partial charge on any atom is 0.133 e. The molecule has 0 unspecified atom stereocenters. The van der Waals surface area contributed by atoms with Gasteiger partial charge >= 0.3 is 0 Å². The van der Waals surface area contributed by atoms with E-state index in [0.717, 1.165) is 40.9 Å². The van der Waals surface area contributed by atoms with Gasteiger partial charge in [-0.25, -0.2) is 0 Å². The molecule has 0 spiro atoms. The van der Waals surface area contributed by atoms with Crippen LogP contribution >= 0.6 is 0 Å². The molecule has 0 saturated heterocycles. The highest BCUT2D eigenvalue weighted by Crippen LogP contribution is 2.26. The zero-order chi connectivity index (χ0) is 12.3. The van der Waals surface area contributed by atoms with Crippen LogP contribution in [-0.2, 0) is 12.8 Å². The van der Waals surface area contributed by atoms with E-state index in [1.807, 2.05) is 12.1 Å². The van der Waals surface area contributed by atoms with Crippen LogP contribution in [0.1, 0.15) is 30.5 Å². The minimum absolute atomic E-state index is 0.824. The second-order valence-electron chi connectivity index (χ2n) is 3.97. The summed E-state index contributed by atoms with van der Waals surface area (Å²) in [6.07, 6.45) is 3.40. The first-order chi connectivity index (χ1) is 8.30. The molecule has 0 aliphatic heterocycles. The van der Waals surface area contributed by atoms with Crippen molar-refractivity contribution in [3.05, 3.63) is 47.2 Å². The van der Waals surface area contributed by atoms with Crippen LogP contribution in [0.4, 0.5) is 0 Å². The minimum Gasteiger partial charge on any atom is -0.464 e. The standard InChI is InChI=1S/C15H15NO/c1-3-11-8-13(15-6-5-7-17-15)9-12(4-2)14(11)10-16/h5-9H,3-4H2,1-2H3. The Kier molecular flexibility index (Phi) is 3.30. The van der Waals surface area contributed by atoms with Gasteiger partial charge in [0, 0.05) is 5.56 Å². The minimum atomic E-state index is 0.824. The Morgan fingerprint density at radius 1 is 1.18 bits per heavy atom. The zero-order valence-corrected chi connectivity index (χ0v) is 10.2. The predicted octanol–water partition coefficient (Wildman–Crippen LogP) is 3.94. The van der Waals surface area contributed by atoms with Gasteiger partial charge in [-0.15, -0.1) is 0 Å². The first kappa shape index (κ1) is 11.5. The number of nitrogens with zero attached hydrogens (tertiary/aromatic N) is 1. The van der Waals surface area contributed by atoms with Crippen molar-refractivity contribution < 1.29 is 4.42 Å². The van der Waals surface area contributed by atoms with Crippen molar-refractivity contribution in [1.29, 1.82) is 5.26 Å². The summed E-state index contributed by atoms with van der Waals surface area (Å²) < 4.78 is 5.41. The molecule has 0 amide bonds. The Morgan fingerprint density at radius 2 is 1.82 bits per heavy atom. The molecule has 17 heavy (non-hydrogen) atoms. The van der Waals surface area contributed by atoms with Crippen molar-refractivity contribution in [3.63, 3.8) is 0 Å². The van der Waals surface area contributed by atoms with E-state index in [1.165, 1.54) is 0 Å². The summed E-state index contributed by atoms with van der Waals surface area (Å²) in [5.74, 6) is 0.860. The maximum absolute atomic E-state index is 9.21. The molecule has 0 radical (unpaired) electrons. The molecule has 1 heterocycles. The molecule has 0 aliphatic rings. The van der Waals surface area contributed by atoms with E-state index in [4.69, 9.17) is 4.42 Å². The highest BCUT2D eigenvalue weighted by Gasteiger charge is 2.10. The van der Waals surface area contributed by atoms with Gasteiger partial charge in [-0.05, 0) is 48.2 Å². The van der Waals surface area contributed by atoms with Crippen LogP contribution in [0.15, 0.2) is 34.9 Å². The first-order valence-electron chi connectivity index (χ1n) is 5.89. The van der Waals surface area contributed by atoms with Crippen LogP contribution in [-0.4, -0.2) is 0 Å². The first-order valence-corrected chi connectivity index (χ1v) is 5.89. The second kappa shape index (κ2) is 4.88. The number of nitriles is 1. The lowest BCUT2D eigenvalue weighted by Crippen LogP contribution is -1.96. The summed E-state index contributed by atoms with van der Waals surface area (Å²) in [5, 5.41) is 9.21. The average Bonchev–Trinajstić information content (AvgIpc) is 2.90. The van der Waals surface area contributed by atoms with Gasteiger partial charge in [0.1, 0.15) is 5.76 Å². The Hall–Kier alpha value is -2.01. The van der Waals surface area contributed by atoms with Crippen molar-refractivity contribution in [2.24, 2.45) is 0 Å². The molecular formula is C15H15NO. The van der Waals surface area contributed by atoms with Crippen LogP contribution < -0.4 is 0 Å². The zero-order valence-electron chi connectivity index (χ0n) is 10.2. The summed E-state index contributed by atoms with van der Waals surface area (Å²) in [6.45, 7) is 4.14. The summed E-state index contributed by atoms with van der Waals surface area (Å²) >= 11 is 0. The number of aryl methyl sites for hydroxylation is 2. The molecule has 0 atom stereocenters. The van der Waals surface area contributed by atoms with Crippen molar-refractivity contribution >= 4 is 0 Å². The van der Waals surface area contributed by atoms with Gasteiger partial charge in [0.2, 0.25) is 0 Å². The van der Waals surface area contributed by atoms with E-state index in [1.54, 1.807) is 6.26 Å². The largest absolute Gasteiger partial charge is 0.464 e. The molecule has 0 saturated carbocycles. The fourth-order valence-corrected chi connectivity index (χ4v) is 2.05. The number of furan rings is 1. The Balaban J connectivity index is 2.61. The third-order valence-electron chi connectivity index (χ3n) is 2.98. The molecule has 0 N–H and O–H groups in total. The van der Waals surface area contributed by atoms with E-state index in [2.05, 4.69) is 32.0 Å². The fourth-order valence-electron chi connectivity index (χ4n) is 2.05. The van der Waals surface area contributed by atoms with Crippen LogP contribution in [0.5, 0.6) is 0 Å². The van der Waals surface area contributed by atoms with Crippen molar-refractivity contribution in [1.82, 2.24) is 0 Å². The third kappa shape index (κ3) is 2.09. The van der Waals surface area contributed by atoms with Crippen LogP contribution in [0, 0.1) is 11.3 Å². The van der Waals surface area contributed by atoms with Gasteiger partial charge in [0.25, 0.3) is 0 Å². The lowest BCUT2D eigenvalue weighted by atomic mass is 9.94. The highest BCUT2D eigenvalue weighted by atomic mass is 16.3. The molecule has 2 heteroatoms. The lowest BCUT2D eigenvalue weighted by molar-refractivity contribution is 0.582. The molecule has 2 aromatic rings. The van der Waals surface area contributed by atoms with Gasteiger partial charge in [0.15, 0.2) is 0 Å². The predicted molar refractivity (Wildman–Crippen MR) is 67.6 cm³/mol. The van der Waals surface area contributed by atoms with Gasteiger partial charge in [-0.1, -0.05) is 13.8 Å². The Bertz CT molecular complexity index is 522. The SMILES string of the molecule is CCc1cc(-c2ccco2)cc(CC)c1C#N. The number of hydrogen-bond acceptors (Lipinski definition) is 2. The monoisotopic (exact) mass is 225 g/mol. The Morgan fingerprint density at radius 3 is 2.24 bits per heavy atom. The number of hydrogen-bond donors (Lipinski definition) is 0. The smallest absolute Gasteiger partial charge is 0.133 e. The molecule has 1 aromatic carbocycles. The van der Waals surface area contributed by atoms with Crippen molar-refractivity contribution in [2.75, 3.05) is 0 Å². The molecule has 86 valence electrons. The van der Waals surface area contributed by atoms with Gasteiger partial charge in [0.05, 0.1) is 17.9 Å². The summed E-state index contributed by atoms with van der Waals surface area (Å²) in [5.41, 5.74) is 4.07. The van der Waals surface area contributed by atoms with Crippen molar-refractivity contribution in [3.8, 4) is 17.4 Å². The van der Waals surface area contributed by atoms with Gasteiger partial charge in [-0.2, -0.15) is 5.26 Å². The van der Waals surface area contributed by atoms with Crippen LogP contribution in [0.2, 0.25) is 0 Å². The van der Waals surface area contributed by atoms with E-state index < -0.39 is 0 Å². The van der Waals surface area contributed by atoms with E-state index in [0.29, 0.717) is 0 Å². The maximum atomic E-state index is 9.21. The van der Waals surface area contributed by atoms with E-state index >= 15 is 0 Å². The molecule has 2 rings (SSSR count). The molecule has 0 aliphatic carbocycles.